The van der Waals surface area contributed by atoms with Gasteiger partial charge in [-0.1, -0.05) is 24.3 Å². The molecule has 20 heavy (non-hydrogen) atoms. The Morgan fingerprint density at radius 1 is 1.40 bits per heavy atom. The fourth-order valence-corrected chi connectivity index (χ4v) is 2.49. The molecule has 1 aromatic rings. The highest BCUT2D eigenvalue weighted by atomic mass is 16.5. The molecule has 1 heterocycles. The van der Waals surface area contributed by atoms with E-state index in [4.69, 9.17) is 9.47 Å². The van der Waals surface area contributed by atoms with Gasteiger partial charge in [0.05, 0.1) is 19.6 Å². The molecule has 0 aliphatic carbocycles. The van der Waals surface area contributed by atoms with Gasteiger partial charge in [0.25, 0.3) is 0 Å². The van der Waals surface area contributed by atoms with E-state index in [9.17, 15) is 4.79 Å². The first-order valence-corrected chi connectivity index (χ1v) is 7.25. The van der Waals surface area contributed by atoms with Crippen molar-refractivity contribution in [2.75, 3.05) is 20.3 Å². The van der Waals surface area contributed by atoms with Gasteiger partial charge in [-0.2, -0.15) is 0 Å². The summed E-state index contributed by atoms with van der Waals surface area (Å²) in [5, 5.41) is 3.43. The number of hydrogen-bond donors (Lipinski definition) is 1. The maximum absolute atomic E-state index is 11.4. The van der Waals surface area contributed by atoms with Gasteiger partial charge in [-0.25, -0.2) is 0 Å². The van der Waals surface area contributed by atoms with E-state index in [1.165, 1.54) is 20.0 Å². The molecular formula is C16H23NO3. The highest BCUT2D eigenvalue weighted by Crippen LogP contribution is 2.15. The van der Waals surface area contributed by atoms with Crippen molar-refractivity contribution in [3.8, 4) is 0 Å². The van der Waals surface area contributed by atoms with Gasteiger partial charge in [0.15, 0.2) is 0 Å². The zero-order chi connectivity index (χ0) is 14.2. The lowest BCUT2D eigenvalue weighted by molar-refractivity contribution is -0.139. The third-order valence-corrected chi connectivity index (χ3v) is 3.66. The highest BCUT2D eigenvalue weighted by molar-refractivity contribution is 5.72. The molecule has 4 nitrogen and oxygen atoms in total. The summed E-state index contributed by atoms with van der Waals surface area (Å²) < 4.78 is 10.3. The van der Waals surface area contributed by atoms with E-state index in [0.717, 1.165) is 37.2 Å². The standard InChI is InChI=1S/C16H23NO3/c1-19-16(18)11-13-5-2-3-6-14(13)12-17-9-8-15-7-4-10-20-15/h2-3,5-6,15,17H,4,7-12H2,1H3. The Kier molecular flexibility index (Phi) is 6.02. The van der Waals surface area contributed by atoms with Crippen LogP contribution in [0.25, 0.3) is 0 Å². The van der Waals surface area contributed by atoms with Crippen molar-refractivity contribution < 1.29 is 14.3 Å². The van der Waals surface area contributed by atoms with Crippen LogP contribution in [-0.4, -0.2) is 32.3 Å². The Morgan fingerprint density at radius 2 is 2.20 bits per heavy atom. The molecule has 1 aromatic carbocycles. The third kappa shape index (κ3) is 4.62. The minimum absolute atomic E-state index is 0.197. The summed E-state index contributed by atoms with van der Waals surface area (Å²) in [6, 6.07) is 7.98. The number of rotatable bonds is 7. The average molecular weight is 277 g/mol. The number of nitrogens with one attached hydrogen (secondary N) is 1. The quantitative estimate of drug-likeness (QED) is 0.612. The van der Waals surface area contributed by atoms with Crippen LogP contribution in [0.1, 0.15) is 30.4 Å². The van der Waals surface area contributed by atoms with Crippen LogP contribution in [0.4, 0.5) is 0 Å². The number of benzene rings is 1. The van der Waals surface area contributed by atoms with Crippen LogP contribution >= 0.6 is 0 Å². The Hall–Kier alpha value is -1.39. The molecule has 0 aromatic heterocycles. The molecule has 1 aliphatic rings. The van der Waals surface area contributed by atoms with Crippen molar-refractivity contribution in [1.29, 1.82) is 0 Å². The van der Waals surface area contributed by atoms with Gasteiger partial charge in [-0.15, -0.1) is 0 Å². The summed E-state index contributed by atoms with van der Waals surface area (Å²) in [5.74, 6) is -0.197. The van der Waals surface area contributed by atoms with Gasteiger partial charge in [0.2, 0.25) is 0 Å². The van der Waals surface area contributed by atoms with Gasteiger partial charge >= 0.3 is 5.97 Å². The van der Waals surface area contributed by atoms with Gasteiger partial charge < -0.3 is 14.8 Å². The maximum Gasteiger partial charge on any atom is 0.309 e. The van der Waals surface area contributed by atoms with Crippen molar-refractivity contribution in [3.05, 3.63) is 35.4 Å². The SMILES string of the molecule is COC(=O)Cc1ccccc1CNCCC1CCCO1. The fourth-order valence-electron chi connectivity index (χ4n) is 2.49. The van der Waals surface area contributed by atoms with Crippen LogP contribution in [0.3, 0.4) is 0 Å². The summed E-state index contributed by atoms with van der Waals surface area (Å²) in [6.45, 7) is 2.63. The number of hydrogen-bond acceptors (Lipinski definition) is 4. The van der Waals surface area contributed by atoms with Crippen LogP contribution < -0.4 is 5.32 Å². The first-order chi connectivity index (χ1) is 9.79. The Balaban J connectivity index is 1.77. The zero-order valence-corrected chi connectivity index (χ0v) is 12.1. The Bertz CT molecular complexity index is 427. The van der Waals surface area contributed by atoms with E-state index in [1.54, 1.807) is 0 Å². The summed E-state index contributed by atoms with van der Waals surface area (Å²) in [4.78, 5) is 11.4. The number of esters is 1. The fraction of sp³-hybridized carbons (Fsp3) is 0.562. The second kappa shape index (κ2) is 8.02. The molecule has 0 spiro atoms. The van der Waals surface area contributed by atoms with Gasteiger partial charge in [-0.3, -0.25) is 4.79 Å². The molecule has 2 rings (SSSR count). The Labute approximate surface area is 120 Å². The largest absolute Gasteiger partial charge is 0.469 e. The second-order valence-corrected chi connectivity index (χ2v) is 5.12. The van der Waals surface area contributed by atoms with Crippen LogP contribution in [0.2, 0.25) is 0 Å². The molecule has 1 unspecified atom stereocenters. The van der Waals surface area contributed by atoms with Gasteiger partial charge in [0.1, 0.15) is 0 Å². The van der Waals surface area contributed by atoms with Crippen molar-refractivity contribution in [1.82, 2.24) is 5.32 Å². The maximum atomic E-state index is 11.4. The normalized spacial score (nSPS) is 18.1. The first-order valence-electron chi connectivity index (χ1n) is 7.25. The van der Waals surface area contributed by atoms with E-state index in [-0.39, 0.29) is 5.97 Å². The zero-order valence-electron chi connectivity index (χ0n) is 12.1. The topological polar surface area (TPSA) is 47.6 Å². The molecule has 0 saturated carbocycles. The minimum atomic E-state index is -0.197. The van der Waals surface area contributed by atoms with E-state index in [0.29, 0.717) is 12.5 Å². The summed E-state index contributed by atoms with van der Waals surface area (Å²) in [6.07, 6.45) is 4.18. The van der Waals surface area contributed by atoms with Gasteiger partial charge in [0, 0.05) is 13.2 Å². The van der Waals surface area contributed by atoms with Crippen molar-refractivity contribution in [2.45, 2.75) is 38.3 Å². The smallest absolute Gasteiger partial charge is 0.309 e. The molecule has 0 amide bonds. The predicted molar refractivity (Wildman–Crippen MR) is 77.5 cm³/mol. The second-order valence-electron chi connectivity index (χ2n) is 5.12. The first kappa shape index (κ1) is 15.0. The van der Waals surface area contributed by atoms with E-state index in [2.05, 4.69) is 11.4 Å². The number of carbonyl (C=O) groups excluding carboxylic acids is 1. The number of ether oxygens (including phenoxy) is 2. The lowest BCUT2D eigenvalue weighted by Gasteiger charge is -2.12. The molecular weight excluding hydrogens is 254 g/mol. The molecule has 1 atom stereocenters. The van der Waals surface area contributed by atoms with Crippen LogP contribution in [-0.2, 0) is 27.2 Å². The summed E-state index contributed by atoms with van der Waals surface area (Å²) in [7, 11) is 1.42. The Morgan fingerprint density at radius 3 is 2.90 bits per heavy atom. The minimum Gasteiger partial charge on any atom is -0.469 e. The van der Waals surface area contributed by atoms with Crippen molar-refractivity contribution in [3.63, 3.8) is 0 Å². The number of methoxy groups -OCH3 is 1. The summed E-state index contributed by atoms with van der Waals surface area (Å²) in [5.41, 5.74) is 2.19. The molecule has 0 bridgehead atoms. The molecule has 0 radical (unpaired) electrons. The van der Waals surface area contributed by atoms with Crippen LogP contribution in [0.5, 0.6) is 0 Å². The van der Waals surface area contributed by atoms with E-state index >= 15 is 0 Å². The molecule has 1 saturated heterocycles. The lowest BCUT2D eigenvalue weighted by Crippen LogP contribution is -2.21. The molecule has 1 aliphatic heterocycles. The van der Waals surface area contributed by atoms with Crippen molar-refractivity contribution >= 4 is 5.97 Å². The monoisotopic (exact) mass is 277 g/mol. The third-order valence-electron chi connectivity index (χ3n) is 3.66. The van der Waals surface area contributed by atoms with Crippen molar-refractivity contribution in [2.24, 2.45) is 0 Å². The molecule has 1 N–H and O–H groups in total. The molecule has 1 fully saturated rings. The van der Waals surface area contributed by atoms with Crippen LogP contribution in [0, 0.1) is 0 Å². The molecule has 4 heteroatoms. The predicted octanol–water partition coefficient (Wildman–Crippen LogP) is 2.06. The number of carbonyl (C=O) groups is 1. The van der Waals surface area contributed by atoms with Crippen LogP contribution in [0.15, 0.2) is 24.3 Å². The lowest BCUT2D eigenvalue weighted by atomic mass is 10.0. The summed E-state index contributed by atoms with van der Waals surface area (Å²) >= 11 is 0. The van der Waals surface area contributed by atoms with E-state index in [1.807, 2.05) is 18.2 Å². The van der Waals surface area contributed by atoms with Gasteiger partial charge in [-0.05, 0) is 36.9 Å². The molecule has 110 valence electrons. The van der Waals surface area contributed by atoms with E-state index < -0.39 is 0 Å². The highest BCUT2D eigenvalue weighted by Gasteiger charge is 2.14. The average Bonchev–Trinajstić information content (AvgIpc) is 2.98.